The molecule has 1 fully saturated rings. The zero-order valence-corrected chi connectivity index (χ0v) is 12.0. The van der Waals surface area contributed by atoms with Crippen LogP contribution in [0.4, 0.5) is 5.13 Å². The van der Waals surface area contributed by atoms with Gasteiger partial charge in [-0.1, -0.05) is 26.7 Å². The summed E-state index contributed by atoms with van der Waals surface area (Å²) in [5.74, 6) is 2.23. The van der Waals surface area contributed by atoms with Gasteiger partial charge in [-0.15, -0.1) is 11.6 Å². The van der Waals surface area contributed by atoms with Crippen molar-refractivity contribution < 1.29 is 0 Å². The van der Waals surface area contributed by atoms with Gasteiger partial charge in [-0.2, -0.15) is 4.37 Å². The van der Waals surface area contributed by atoms with Gasteiger partial charge >= 0.3 is 0 Å². The first-order chi connectivity index (χ1) is 8.24. The first-order valence-electron chi connectivity index (χ1n) is 6.46. The molecule has 0 saturated heterocycles. The second-order valence-corrected chi connectivity index (χ2v) is 6.02. The highest BCUT2D eigenvalue weighted by Gasteiger charge is 2.27. The maximum Gasteiger partial charge on any atom is 0.202 e. The van der Waals surface area contributed by atoms with E-state index in [1.54, 1.807) is 0 Å². The molecule has 1 aliphatic rings. The lowest BCUT2D eigenvalue weighted by molar-refractivity contribution is 0.475. The van der Waals surface area contributed by atoms with Gasteiger partial charge < -0.3 is 5.32 Å². The summed E-state index contributed by atoms with van der Waals surface area (Å²) in [5.41, 5.74) is 0. The van der Waals surface area contributed by atoms with Gasteiger partial charge in [-0.3, -0.25) is 0 Å². The Morgan fingerprint density at radius 1 is 1.41 bits per heavy atom. The molecule has 1 atom stereocenters. The Bertz CT molecular complexity index is 347. The summed E-state index contributed by atoms with van der Waals surface area (Å²) >= 11 is 7.83. The molecule has 0 amide bonds. The topological polar surface area (TPSA) is 37.8 Å². The Labute approximate surface area is 112 Å². The molecule has 0 aliphatic heterocycles. The minimum Gasteiger partial charge on any atom is -0.359 e. The number of aromatic nitrogens is 2. The molecule has 0 spiro atoms. The predicted octanol–water partition coefficient (Wildman–Crippen LogP) is 3.87. The standard InChI is InChI=1S/C12H20ClN3S/c1-3-8(4-2)10(13)7-14-12-15-11(16-17-12)9-5-6-9/h8-10H,3-7H2,1-2H3,(H,14,15,16). The van der Waals surface area contributed by atoms with E-state index in [2.05, 4.69) is 28.5 Å². The van der Waals surface area contributed by atoms with Crippen LogP contribution in [-0.4, -0.2) is 21.3 Å². The monoisotopic (exact) mass is 273 g/mol. The van der Waals surface area contributed by atoms with Gasteiger partial charge in [0.05, 0.1) is 5.38 Å². The van der Waals surface area contributed by atoms with Crippen LogP contribution in [0, 0.1) is 5.92 Å². The second-order valence-electron chi connectivity index (χ2n) is 4.71. The molecule has 1 aromatic heterocycles. The molecule has 0 radical (unpaired) electrons. The number of anilines is 1. The maximum absolute atomic E-state index is 6.37. The van der Waals surface area contributed by atoms with Gasteiger partial charge in [0.15, 0.2) is 0 Å². The van der Waals surface area contributed by atoms with Crippen LogP contribution in [0.3, 0.4) is 0 Å². The van der Waals surface area contributed by atoms with E-state index in [1.807, 2.05) is 0 Å². The summed E-state index contributed by atoms with van der Waals surface area (Å²) in [6, 6.07) is 0. The van der Waals surface area contributed by atoms with Crippen LogP contribution in [-0.2, 0) is 0 Å². The lowest BCUT2D eigenvalue weighted by Crippen LogP contribution is -2.22. The van der Waals surface area contributed by atoms with Gasteiger partial charge in [0.1, 0.15) is 5.82 Å². The van der Waals surface area contributed by atoms with Crippen molar-refractivity contribution in [1.29, 1.82) is 0 Å². The zero-order valence-electron chi connectivity index (χ0n) is 10.4. The molecule has 0 bridgehead atoms. The van der Waals surface area contributed by atoms with E-state index in [1.165, 1.54) is 24.4 Å². The third-order valence-electron chi connectivity index (χ3n) is 3.39. The minimum atomic E-state index is 0.179. The van der Waals surface area contributed by atoms with Crippen LogP contribution >= 0.6 is 23.1 Å². The lowest BCUT2D eigenvalue weighted by atomic mass is 9.99. The van der Waals surface area contributed by atoms with Crippen LogP contribution in [0.5, 0.6) is 0 Å². The average molecular weight is 274 g/mol. The SMILES string of the molecule is CCC(CC)C(Cl)CNc1nc(C2CC2)ns1. The van der Waals surface area contributed by atoms with Crippen LogP contribution in [0.1, 0.15) is 51.3 Å². The van der Waals surface area contributed by atoms with Crippen molar-refractivity contribution in [2.24, 2.45) is 5.92 Å². The van der Waals surface area contributed by atoms with Gasteiger partial charge in [-0.25, -0.2) is 4.98 Å². The zero-order chi connectivity index (χ0) is 12.3. The summed E-state index contributed by atoms with van der Waals surface area (Å²) in [6.07, 6.45) is 4.77. The number of nitrogens with zero attached hydrogens (tertiary/aromatic N) is 2. The molecule has 3 nitrogen and oxygen atoms in total. The molecule has 5 heteroatoms. The molecule has 1 aromatic rings. The van der Waals surface area contributed by atoms with Crippen molar-refractivity contribution in [1.82, 2.24) is 9.36 Å². The van der Waals surface area contributed by atoms with E-state index in [9.17, 15) is 0 Å². The fourth-order valence-corrected chi connectivity index (χ4v) is 3.05. The summed E-state index contributed by atoms with van der Waals surface area (Å²) in [5, 5.41) is 4.41. The van der Waals surface area contributed by atoms with E-state index < -0.39 is 0 Å². The Morgan fingerprint density at radius 2 is 2.12 bits per heavy atom. The van der Waals surface area contributed by atoms with E-state index in [0.29, 0.717) is 11.8 Å². The highest BCUT2D eigenvalue weighted by molar-refractivity contribution is 7.09. The number of alkyl halides is 1. The summed E-state index contributed by atoms with van der Waals surface area (Å²) in [4.78, 5) is 4.49. The van der Waals surface area contributed by atoms with Gasteiger partial charge in [0.2, 0.25) is 5.13 Å². The van der Waals surface area contributed by atoms with Gasteiger partial charge in [0, 0.05) is 24.0 Å². The third-order valence-corrected chi connectivity index (χ3v) is 4.59. The molecule has 1 heterocycles. The molecule has 1 N–H and O–H groups in total. The first kappa shape index (κ1) is 13.1. The van der Waals surface area contributed by atoms with Crippen molar-refractivity contribution in [3.05, 3.63) is 5.82 Å². The van der Waals surface area contributed by atoms with E-state index in [0.717, 1.165) is 30.3 Å². The minimum absolute atomic E-state index is 0.179. The molecule has 17 heavy (non-hydrogen) atoms. The van der Waals surface area contributed by atoms with E-state index in [4.69, 9.17) is 11.6 Å². The van der Waals surface area contributed by atoms with Gasteiger partial charge in [0.25, 0.3) is 0 Å². The molecule has 1 saturated carbocycles. The molecule has 1 aliphatic carbocycles. The number of hydrogen-bond donors (Lipinski definition) is 1. The molecular formula is C12H20ClN3S. The first-order valence-corrected chi connectivity index (χ1v) is 7.67. The smallest absolute Gasteiger partial charge is 0.202 e. The lowest BCUT2D eigenvalue weighted by Gasteiger charge is -2.18. The quantitative estimate of drug-likeness (QED) is 0.767. The molecular weight excluding hydrogens is 254 g/mol. The molecule has 0 aromatic carbocycles. The highest BCUT2D eigenvalue weighted by Crippen LogP contribution is 2.39. The third kappa shape index (κ3) is 3.55. The molecule has 2 rings (SSSR count). The van der Waals surface area contributed by atoms with Crippen LogP contribution in [0.2, 0.25) is 0 Å². The van der Waals surface area contributed by atoms with Gasteiger partial charge in [-0.05, 0) is 18.8 Å². The molecule has 1 unspecified atom stereocenters. The predicted molar refractivity (Wildman–Crippen MR) is 74.1 cm³/mol. The molecule has 96 valence electrons. The van der Waals surface area contributed by atoms with E-state index >= 15 is 0 Å². The number of nitrogens with one attached hydrogen (secondary N) is 1. The largest absolute Gasteiger partial charge is 0.359 e. The maximum atomic E-state index is 6.37. The van der Waals surface area contributed by atoms with Crippen molar-refractivity contribution in [2.75, 3.05) is 11.9 Å². The van der Waals surface area contributed by atoms with Crippen molar-refractivity contribution in [2.45, 2.75) is 50.8 Å². The van der Waals surface area contributed by atoms with E-state index in [-0.39, 0.29) is 5.38 Å². The summed E-state index contributed by atoms with van der Waals surface area (Å²) in [7, 11) is 0. The number of hydrogen-bond acceptors (Lipinski definition) is 4. The fourth-order valence-electron chi connectivity index (χ4n) is 1.97. The van der Waals surface area contributed by atoms with Crippen molar-refractivity contribution >= 4 is 28.3 Å². The van der Waals surface area contributed by atoms with Crippen LogP contribution in [0.15, 0.2) is 0 Å². The number of halogens is 1. The van der Waals surface area contributed by atoms with Crippen molar-refractivity contribution in [3.63, 3.8) is 0 Å². The normalized spacial score (nSPS) is 17.4. The highest BCUT2D eigenvalue weighted by atomic mass is 35.5. The Hall–Kier alpha value is -0.350. The van der Waals surface area contributed by atoms with Crippen LogP contribution < -0.4 is 5.32 Å². The second kappa shape index (κ2) is 6.01. The summed E-state index contributed by atoms with van der Waals surface area (Å²) < 4.78 is 4.37. The summed E-state index contributed by atoms with van der Waals surface area (Å²) in [6.45, 7) is 5.17. The number of rotatable bonds is 7. The average Bonchev–Trinajstić information content (AvgIpc) is 3.08. The van der Waals surface area contributed by atoms with Crippen LogP contribution in [0.25, 0.3) is 0 Å². The fraction of sp³-hybridized carbons (Fsp3) is 0.833. The Kier molecular flexibility index (Phi) is 4.62. The Balaban J connectivity index is 1.79. The Morgan fingerprint density at radius 3 is 2.71 bits per heavy atom. The van der Waals surface area contributed by atoms with Crippen molar-refractivity contribution in [3.8, 4) is 0 Å².